The van der Waals surface area contributed by atoms with Crippen LogP contribution < -0.4 is 5.32 Å². The Morgan fingerprint density at radius 1 is 1.37 bits per heavy atom. The van der Waals surface area contributed by atoms with E-state index in [1.54, 1.807) is 0 Å². The average molecular weight is 280 g/mol. The third-order valence-corrected chi connectivity index (χ3v) is 5.51. The molecule has 1 unspecified atom stereocenters. The predicted molar refractivity (Wildman–Crippen MR) is 84.7 cm³/mol. The van der Waals surface area contributed by atoms with Crippen molar-refractivity contribution in [1.82, 2.24) is 10.2 Å². The van der Waals surface area contributed by atoms with E-state index in [9.17, 15) is 0 Å². The molecule has 2 rings (SSSR count). The molecule has 0 saturated carbocycles. The van der Waals surface area contributed by atoms with Gasteiger partial charge in [0.1, 0.15) is 0 Å². The van der Waals surface area contributed by atoms with Gasteiger partial charge in [-0.2, -0.15) is 0 Å². The Balaban J connectivity index is 2.08. The molecule has 108 valence electrons. The van der Waals surface area contributed by atoms with Crippen LogP contribution in [0.15, 0.2) is 17.5 Å². The third kappa shape index (κ3) is 3.59. The molecule has 3 heteroatoms. The lowest BCUT2D eigenvalue weighted by atomic mass is 9.87. The summed E-state index contributed by atoms with van der Waals surface area (Å²) in [6.45, 7) is 10.4. The number of nitrogens with one attached hydrogen (secondary N) is 1. The van der Waals surface area contributed by atoms with Gasteiger partial charge in [0.25, 0.3) is 0 Å². The van der Waals surface area contributed by atoms with Crippen molar-refractivity contribution in [2.24, 2.45) is 0 Å². The van der Waals surface area contributed by atoms with E-state index in [0.717, 1.165) is 13.1 Å². The molecular formula is C16H28N2S. The average Bonchev–Trinajstić information content (AvgIpc) is 2.94. The second-order valence-corrected chi connectivity index (χ2v) is 6.83. The van der Waals surface area contributed by atoms with Crippen LogP contribution in [-0.4, -0.2) is 29.6 Å². The molecule has 1 aliphatic rings. The van der Waals surface area contributed by atoms with Crippen molar-refractivity contribution in [3.63, 3.8) is 0 Å². The summed E-state index contributed by atoms with van der Waals surface area (Å²) in [5, 5.41) is 6.03. The van der Waals surface area contributed by atoms with Crippen molar-refractivity contribution in [2.45, 2.75) is 64.6 Å². The Morgan fingerprint density at radius 3 is 2.74 bits per heavy atom. The summed E-state index contributed by atoms with van der Waals surface area (Å²) in [5.41, 5.74) is 0.335. The smallest absolute Gasteiger partial charge is 0.0332 e. The molecule has 0 radical (unpaired) electrons. The molecule has 2 heterocycles. The summed E-state index contributed by atoms with van der Waals surface area (Å²) >= 11 is 1.89. The van der Waals surface area contributed by atoms with Crippen molar-refractivity contribution in [2.75, 3.05) is 13.1 Å². The first-order valence-electron chi connectivity index (χ1n) is 7.74. The number of rotatable bonds is 6. The van der Waals surface area contributed by atoms with Gasteiger partial charge in [0, 0.05) is 36.1 Å². The van der Waals surface area contributed by atoms with E-state index in [0.29, 0.717) is 11.6 Å². The van der Waals surface area contributed by atoms with Crippen molar-refractivity contribution in [3.8, 4) is 0 Å². The van der Waals surface area contributed by atoms with Gasteiger partial charge in [0.15, 0.2) is 0 Å². The van der Waals surface area contributed by atoms with Gasteiger partial charge in [0.05, 0.1) is 0 Å². The van der Waals surface area contributed by atoms with Gasteiger partial charge in [-0.15, -0.1) is 11.3 Å². The zero-order valence-corrected chi connectivity index (χ0v) is 13.4. The Bertz CT molecular complexity index is 357. The molecule has 0 amide bonds. The van der Waals surface area contributed by atoms with Crippen LogP contribution in [-0.2, 0) is 6.54 Å². The summed E-state index contributed by atoms with van der Waals surface area (Å²) < 4.78 is 0. The first-order valence-corrected chi connectivity index (χ1v) is 8.62. The molecule has 0 aliphatic carbocycles. The van der Waals surface area contributed by atoms with Crippen molar-refractivity contribution in [1.29, 1.82) is 0 Å². The fourth-order valence-corrected chi connectivity index (χ4v) is 3.90. The Hall–Kier alpha value is -0.380. The van der Waals surface area contributed by atoms with Crippen LogP contribution in [0.4, 0.5) is 0 Å². The molecule has 0 aromatic carbocycles. The van der Waals surface area contributed by atoms with Crippen LogP contribution in [0, 0.1) is 0 Å². The van der Waals surface area contributed by atoms with E-state index in [4.69, 9.17) is 0 Å². The van der Waals surface area contributed by atoms with Crippen molar-refractivity contribution >= 4 is 11.3 Å². The van der Waals surface area contributed by atoms with Crippen LogP contribution in [0.3, 0.4) is 0 Å². The minimum Gasteiger partial charge on any atom is -0.308 e. The quantitative estimate of drug-likeness (QED) is 0.850. The number of hydrogen-bond donors (Lipinski definition) is 1. The topological polar surface area (TPSA) is 15.3 Å². The van der Waals surface area contributed by atoms with Crippen LogP contribution in [0.25, 0.3) is 0 Å². The van der Waals surface area contributed by atoms with Gasteiger partial charge in [-0.25, -0.2) is 0 Å². The van der Waals surface area contributed by atoms with E-state index in [2.05, 4.69) is 48.5 Å². The van der Waals surface area contributed by atoms with Crippen LogP contribution in [0.5, 0.6) is 0 Å². The molecule has 1 aliphatic heterocycles. The van der Waals surface area contributed by atoms with Crippen LogP contribution >= 0.6 is 11.3 Å². The lowest BCUT2D eigenvalue weighted by Gasteiger charge is -2.47. The molecule has 0 spiro atoms. The fourth-order valence-electron chi connectivity index (χ4n) is 3.17. The van der Waals surface area contributed by atoms with Crippen LogP contribution in [0.1, 0.15) is 51.3 Å². The van der Waals surface area contributed by atoms with Crippen LogP contribution in [0.2, 0.25) is 0 Å². The molecule has 2 nitrogen and oxygen atoms in total. The van der Waals surface area contributed by atoms with Crippen molar-refractivity contribution < 1.29 is 0 Å². The first kappa shape index (κ1) is 15.0. The largest absolute Gasteiger partial charge is 0.308 e. The maximum Gasteiger partial charge on any atom is 0.0332 e. The van der Waals surface area contributed by atoms with Gasteiger partial charge < -0.3 is 5.32 Å². The standard InChI is InChI=1S/C16H28N2S/c1-4-8-14-11-17-16(5-2,6-3)13-18(14)12-15-9-7-10-19-15/h7,9-10,14,17H,4-6,8,11-13H2,1-3H3. The van der Waals surface area contributed by atoms with Gasteiger partial charge in [-0.3, -0.25) is 4.90 Å². The van der Waals surface area contributed by atoms with Gasteiger partial charge in [-0.05, 0) is 30.7 Å². The summed E-state index contributed by atoms with van der Waals surface area (Å²) in [4.78, 5) is 4.22. The molecule has 1 N–H and O–H groups in total. The number of nitrogens with zero attached hydrogens (tertiary/aromatic N) is 1. The molecule has 0 bridgehead atoms. The molecule has 1 saturated heterocycles. The number of hydrogen-bond acceptors (Lipinski definition) is 3. The predicted octanol–water partition coefficient (Wildman–Crippen LogP) is 3.88. The molecule has 1 aromatic heterocycles. The highest BCUT2D eigenvalue weighted by molar-refractivity contribution is 7.09. The zero-order valence-electron chi connectivity index (χ0n) is 12.6. The maximum absolute atomic E-state index is 3.84. The van der Waals surface area contributed by atoms with Gasteiger partial charge in [-0.1, -0.05) is 33.3 Å². The summed E-state index contributed by atoms with van der Waals surface area (Å²) in [5.74, 6) is 0. The second kappa shape index (κ2) is 6.87. The Labute approximate surface area is 122 Å². The highest BCUT2D eigenvalue weighted by Crippen LogP contribution is 2.26. The Kier molecular flexibility index (Phi) is 5.43. The van der Waals surface area contributed by atoms with E-state index in [1.807, 2.05) is 11.3 Å². The maximum atomic E-state index is 3.84. The highest BCUT2D eigenvalue weighted by Gasteiger charge is 2.36. The van der Waals surface area contributed by atoms with E-state index < -0.39 is 0 Å². The summed E-state index contributed by atoms with van der Waals surface area (Å²) in [6, 6.07) is 5.15. The van der Waals surface area contributed by atoms with E-state index >= 15 is 0 Å². The third-order valence-electron chi connectivity index (χ3n) is 4.65. The fraction of sp³-hybridized carbons (Fsp3) is 0.750. The van der Waals surface area contributed by atoms with Crippen molar-refractivity contribution in [3.05, 3.63) is 22.4 Å². The molecule has 19 heavy (non-hydrogen) atoms. The highest BCUT2D eigenvalue weighted by atomic mass is 32.1. The minimum atomic E-state index is 0.335. The van der Waals surface area contributed by atoms with Gasteiger partial charge >= 0.3 is 0 Å². The monoisotopic (exact) mass is 280 g/mol. The minimum absolute atomic E-state index is 0.335. The zero-order chi connectivity index (χ0) is 13.7. The Morgan fingerprint density at radius 2 is 2.16 bits per heavy atom. The SMILES string of the molecule is CCCC1CNC(CC)(CC)CN1Cc1cccs1. The normalized spacial score (nSPS) is 23.6. The number of thiophene rings is 1. The van der Waals surface area contributed by atoms with E-state index in [-0.39, 0.29) is 0 Å². The first-order chi connectivity index (χ1) is 9.23. The molecule has 1 aromatic rings. The molecule has 1 fully saturated rings. The lowest BCUT2D eigenvalue weighted by Crippen LogP contribution is -2.63. The second-order valence-electron chi connectivity index (χ2n) is 5.80. The van der Waals surface area contributed by atoms with Gasteiger partial charge in [0.2, 0.25) is 0 Å². The summed E-state index contributed by atoms with van der Waals surface area (Å²) in [6.07, 6.45) is 5.03. The lowest BCUT2D eigenvalue weighted by molar-refractivity contribution is 0.0625. The molecule has 1 atom stereocenters. The summed E-state index contributed by atoms with van der Waals surface area (Å²) in [7, 11) is 0. The molecular weight excluding hydrogens is 252 g/mol. The number of piperazine rings is 1. The van der Waals surface area contributed by atoms with E-state index in [1.165, 1.54) is 37.1 Å².